The molecular formula is C19H28N2O3S. The van der Waals surface area contributed by atoms with Crippen molar-refractivity contribution in [1.29, 1.82) is 0 Å². The van der Waals surface area contributed by atoms with Gasteiger partial charge in [-0.25, -0.2) is 8.42 Å². The Morgan fingerprint density at radius 2 is 1.68 bits per heavy atom. The van der Waals surface area contributed by atoms with E-state index in [4.69, 9.17) is 0 Å². The lowest BCUT2D eigenvalue weighted by molar-refractivity contribution is -0.134. The monoisotopic (exact) mass is 364 g/mol. The lowest BCUT2D eigenvalue weighted by Crippen LogP contribution is -2.40. The predicted molar refractivity (Wildman–Crippen MR) is 99.4 cm³/mol. The largest absolute Gasteiger partial charge is 0.340 e. The summed E-state index contributed by atoms with van der Waals surface area (Å²) in [6.45, 7) is 3.51. The molecule has 6 heteroatoms. The van der Waals surface area contributed by atoms with Crippen molar-refractivity contribution in [1.82, 2.24) is 9.80 Å². The molecule has 2 saturated heterocycles. The third-order valence-corrected chi connectivity index (χ3v) is 7.39. The maximum Gasteiger partial charge on any atom is 0.225 e. The van der Waals surface area contributed by atoms with E-state index >= 15 is 0 Å². The number of sulfone groups is 1. The highest BCUT2D eigenvalue weighted by Gasteiger charge is 2.40. The third-order valence-electron chi connectivity index (χ3n) is 5.67. The Labute approximate surface area is 150 Å². The van der Waals surface area contributed by atoms with Gasteiger partial charge in [0.05, 0.1) is 11.5 Å². The number of hydrogen-bond acceptors (Lipinski definition) is 4. The number of likely N-dealkylation sites (N-methyl/N-ethyl adjacent to an activating group) is 1. The van der Waals surface area contributed by atoms with Gasteiger partial charge in [0, 0.05) is 31.0 Å². The van der Waals surface area contributed by atoms with Gasteiger partial charge in [0.15, 0.2) is 0 Å². The zero-order valence-corrected chi connectivity index (χ0v) is 16.1. The Balaban J connectivity index is 1.73. The molecule has 2 atom stereocenters. The topological polar surface area (TPSA) is 57.7 Å². The fourth-order valence-electron chi connectivity index (χ4n) is 4.03. The number of amides is 1. The molecule has 5 nitrogen and oxygen atoms in total. The molecular weight excluding hydrogens is 336 g/mol. The fourth-order valence-corrected chi connectivity index (χ4v) is 5.52. The minimum absolute atomic E-state index is 0.136. The van der Waals surface area contributed by atoms with Crippen molar-refractivity contribution >= 4 is 15.7 Å². The summed E-state index contributed by atoms with van der Waals surface area (Å²) < 4.78 is 23.2. The summed E-state index contributed by atoms with van der Waals surface area (Å²) in [4.78, 5) is 17.1. The van der Waals surface area contributed by atoms with Crippen LogP contribution >= 0.6 is 0 Å². The number of aryl methyl sites for hydroxylation is 1. The molecule has 2 unspecified atom stereocenters. The molecule has 2 heterocycles. The summed E-state index contributed by atoms with van der Waals surface area (Å²) in [5, 5.41) is 0. The minimum Gasteiger partial charge on any atom is -0.340 e. The molecule has 0 radical (unpaired) electrons. The van der Waals surface area contributed by atoms with E-state index < -0.39 is 9.84 Å². The van der Waals surface area contributed by atoms with Crippen LogP contribution in [-0.2, 0) is 14.6 Å². The van der Waals surface area contributed by atoms with Gasteiger partial charge in [-0.15, -0.1) is 0 Å². The van der Waals surface area contributed by atoms with E-state index in [1.807, 2.05) is 4.90 Å². The molecule has 0 spiro atoms. The standard InChI is InChI=1S/C19H28N2O3S/c1-14-4-6-15(7-5-14)17-12-21(13-18(17)20(2)3)19(22)16-8-10-25(23,24)11-9-16/h4-7,16-18H,8-13H2,1-3H3. The van der Waals surface area contributed by atoms with E-state index in [0.717, 1.165) is 0 Å². The van der Waals surface area contributed by atoms with Gasteiger partial charge in [-0.1, -0.05) is 29.8 Å². The van der Waals surface area contributed by atoms with Crippen LogP contribution in [0, 0.1) is 12.8 Å². The predicted octanol–water partition coefficient (Wildman–Crippen LogP) is 1.68. The van der Waals surface area contributed by atoms with Crippen molar-refractivity contribution in [2.45, 2.75) is 31.7 Å². The second kappa shape index (κ2) is 7.08. The van der Waals surface area contributed by atoms with E-state index in [0.29, 0.717) is 37.9 Å². The number of nitrogens with zero attached hydrogens (tertiary/aromatic N) is 2. The first kappa shape index (κ1) is 18.4. The number of rotatable bonds is 3. The summed E-state index contributed by atoms with van der Waals surface area (Å²) >= 11 is 0. The molecule has 0 aromatic heterocycles. The Kier molecular flexibility index (Phi) is 5.21. The van der Waals surface area contributed by atoms with Crippen LogP contribution in [-0.4, -0.2) is 68.9 Å². The van der Waals surface area contributed by atoms with Crippen molar-refractivity contribution < 1.29 is 13.2 Å². The van der Waals surface area contributed by atoms with Gasteiger partial charge in [-0.2, -0.15) is 0 Å². The molecule has 3 rings (SSSR count). The van der Waals surface area contributed by atoms with E-state index in [2.05, 4.69) is 50.2 Å². The Bertz CT molecular complexity index is 714. The van der Waals surface area contributed by atoms with Crippen LogP contribution in [0.4, 0.5) is 0 Å². The summed E-state index contributed by atoms with van der Waals surface area (Å²) in [5.41, 5.74) is 2.50. The number of benzene rings is 1. The van der Waals surface area contributed by atoms with E-state index in [1.54, 1.807) is 0 Å². The highest BCUT2D eigenvalue weighted by molar-refractivity contribution is 7.91. The summed E-state index contributed by atoms with van der Waals surface area (Å²) in [7, 11) is 1.19. The molecule has 2 aliphatic rings. The molecule has 0 aliphatic carbocycles. The summed E-state index contributed by atoms with van der Waals surface area (Å²) in [5.74, 6) is 0.595. The van der Waals surface area contributed by atoms with Gasteiger partial charge >= 0.3 is 0 Å². The van der Waals surface area contributed by atoms with E-state index in [1.165, 1.54) is 11.1 Å². The lowest BCUT2D eigenvalue weighted by atomic mass is 9.93. The maximum absolute atomic E-state index is 12.9. The van der Waals surface area contributed by atoms with Gasteiger partial charge in [0.1, 0.15) is 9.84 Å². The van der Waals surface area contributed by atoms with Crippen molar-refractivity contribution in [2.24, 2.45) is 5.92 Å². The summed E-state index contributed by atoms with van der Waals surface area (Å²) in [6, 6.07) is 8.87. The molecule has 138 valence electrons. The van der Waals surface area contributed by atoms with Crippen LogP contribution in [0.3, 0.4) is 0 Å². The molecule has 0 N–H and O–H groups in total. The zero-order chi connectivity index (χ0) is 18.2. The molecule has 2 fully saturated rings. The highest BCUT2D eigenvalue weighted by Crippen LogP contribution is 2.32. The maximum atomic E-state index is 12.9. The van der Waals surface area contributed by atoms with Crippen LogP contribution in [0.1, 0.15) is 29.9 Å². The quantitative estimate of drug-likeness (QED) is 0.819. The highest BCUT2D eigenvalue weighted by atomic mass is 32.2. The Morgan fingerprint density at radius 1 is 1.08 bits per heavy atom. The van der Waals surface area contributed by atoms with Crippen molar-refractivity contribution in [3.63, 3.8) is 0 Å². The van der Waals surface area contributed by atoms with Crippen LogP contribution < -0.4 is 0 Å². The normalized spacial score (nSPS) is 27.0. The van der Waals surface area contributed by atoms with Crippen molar-refractivity contribution in [3.8, 4) is 0 Å². The van der Waals surface area contributed by atoms with Crippen LogP contribution in [0.2, 0.25) is 0 Å². The van der Waals surface area contributed by atoms with Gasteiger partial charge in [0.2, 0.25) is 5.91 Å². The lowest BCUT2D eigenvalue weighted by Gasteiger charge is -2.27. The van der Waals surface area contributed by atoms with Gasteiger partial charge in [-0.05, 0) is 39.4 Å². The Hall–Kier alpha value is -1.40. The average Bonchev–Trinajstić information content (AvgIpc) is 3.00. The summed E-state index contributed by atoms with van der Waals surface area (Å²) in [6.07, 6.45) is 0.943. The number of hydrogen-bond donors (Lipinski definition) is 0. The molecule has 0 bridgehead atoms. The second-order valence-electron chi connectivity index (χ2n) is 7.72. The first-order valence-corrected chi connectivity index (χ1v) is 10.8. The van der Waals surface area contributed by atoms with E-state index in [-0.39, 0.29) is 23.3 Å². The van der Waals surface area contributed by atoms with E-state index in [9.17, 15) is 13.2 Å². The average molecular weight is 365 g/mol. The molecule has 2 aliphatic heterocycles. The SMILES string of the molecule is Cc1ccc(C2CN(C(=O)C3CCS(=O)(=O)CC3)CC2N(C)C)cc1. The molecule has 1 aromatic rings. The first-order valence-electron chi connectivity index (χ1n) is 8.99. The zero-order valence-electron chi connectivity index (χ0n) is 15.3. The molecule has 1 amide bonds. The Morgan fingerprint density at radius 3 is 2.24 bits per heavy atom. The second-order valence-corrected chi connectivity index (χ2v) is 10.0. The molecule has 25 heavy (non-hydrogen) atoms. The van der Waals surface area contributed by atoms with Crippen LogP contribution in [0.25, 0.3) is 0 Å². The number of carbonyl (C=O) groups is 1. The van der Waals surface area contributed by atoms with Crippen molar-refractivity contribution in [2.75, 3.05) is 38.7 Å². The third kappa shape index (κ3) is 4.06. The van der Waals surface area contributed by atoms with Crippen LogP contribution in [0.15, 0.2) is 24.3 Å². The smallest absolute Gasteiger partial charge is 0.225 e. The number of likely N-dealkylation sites (tertiary alicyclic amines) is 1. The van der Waals surface area contributed by atoms with Gasteiger partial charge in [-0.3, -0.25) is 4.79 Å². The molecule has 1 aromatic carbocycles. The number of carbonyl (C=O) groups excluding carboxylic acids is 1. The van der Waals surface area contributed by atoms with Gasteiger partial charge in [0.25, 0.3) is 0 Å². The minimum atomic E-state index is -2.93. The fraction of sp³-hybridized carbons (Fsp3) is 0.632. The van der Waals surface area contributed by atoms with Crippen molar-refractivity contribution in [3.05, 3.63) is 35.4 Å². The van der Waals surface area contributed by atoms with Gasteiger partial charge < -0.3 is 9.80 Å². The molecule has 0 saturated carbocycles. The van der Waals surface area contributed by atoms with Crippen LogP contribution in [0.5, 0.6) is 0 Å². The first-order chi connectivity index (χ1) is 11.8.